The molecule has 0 N–H and O–H groups in total. The molecule has 1 saturated heterocycles. The van der Waals surface area contributed by atoms with Crippen LogP contribution in [0.25, 0.3) is 0 Å². The lowest BCUT2D eigenvalue weighted by molar-refractivity contribution is 0.111. The van der Waals surface area contributed by atoms with Crippen LogP contribution in [0.5, 0.6) is 0 Å². The number of hydrogen-bond donors (Lipinski definition) is 0. The maximum absolute atomic E-state index is 12.3. The summed E-state index contributed by atoms with van der Waals surface area (Å²) in [6, 6.07) is 0. The minimum absolute atomic E-state index is 0.103. The summed E-state index contributed by atoms with van der Waals surface area (Å²) in [6.07, 6.45) is 3.85. The average molecular weight is 308 g/mol. The third kappa shape index (κ3) is 2.94. The lowest BCUT2D eigenvalue weighted by atomic mass is 10.1. The van der Waals surface area contributed by atoms with E-state index in [1.54, 1.807) is 22.2 Å². The van der Waals surface area contributed by atoms with Gasteiger partial charge in [-0.05, 0) is 33.6 Å². The van der Waals surface area contributed by atoms with Gasteiger partial charge in [0, 0.05) is 12.0 Å². The van der Waals surface area contributed by atoms with E-state index in [4.69, 9.17) is 4.74 Å². The highest BCUT2D eigenvalue weighted by molar-refractivity contribution is 7.09. The highest BCUT2D eigenvalue weighted by Crippen LogP contribution is 2.30. The molecule has 1 aliphatic heterocycles. The summed E-state index contributed by atoms with van der Waals surface area (Å²) in [7, 11) is 0. The van der Waals surface area contributed by atoms with Crippen molar-refractivity contribution in [2.24, 2.45) is 0 Å². The lowest BCUT2D eigenvalue weighted by Gasteiger charge is -2.16. The van der Waals surface area contributed by atoms with E-state index in [1.165, 1.54) is 4.68 Å². The molecule has 3 rings (SSSR count). The van der Waals surface area contributed by atoms with Crippen LogP contribution >= 0.6 is 11.3 Å². The molecule has 0 amide bonds. The fourth-order valence-electron chi connectivity index (χ4n) is 2.39. The van der Waals surface area contributed by atoms with Crippen LogP contribution < -0.4 is 5.69 Å². The molecule has 0 aliphatic carbocycles. The van der Waals surface area contributed by atoms with Crippen molar-refractivity contribution in [2.75, 3.05) is 6.61 Å². The van der Waals surface area contributed by atoms with Crippen molar-refractivity contribution in [3.8, 4) is 0 Å². The Hall–Kier alpha value is -1.47. The van der Waals surface area contributed by atoms with E-state index in [0.29, 0.717) is 6.54 Å². The Bertz CT molecular complexity index is 674. The molecular weight excluding hydrogens is 288 g/mol. The molecule has 2 aromatic heterocycles. The first-order valence-corrected chi connectivity index (χ1v) is 8.04. The van der Waals surface area contributed by atoms with Crippen molar-refractivity contribution in [3.63, 3.8) is 0 Å². The van der Waals surface area contributed by atoms with Gasteiger partial charge in [0.05, 0.1) is 17.8 Å². The normalized spacial score (nSPS) is 19.3. The molecule has 3 heterocycles. The van der Waals surface area contributed by atoms with Crippen LogP contribution in [0.15, 0.2) is 16.5 Å². The summed E-state index contributed by atoms with van der Waals surface area (Å²) in [4.78, 5) is 16.9. The summed E-state index contributed by atoms with van der Waals surface area (Å²) in [5.74, 6) is 0. The van der Waals surface area contributed by atoms with Crippen LogP contribution in [-0.2, 0) is 16.8 Å². The fourth-order valence-corrected chi connectivity index (χ4v) is 3.28. The van der Waals surface area contributed by atoms with Crippen LogP contribution in [0.4, 0.5) is 0 Å². The number of aromatic nitrogens is 4. The summed E-state index contributed by atoms with van der Waals surface area (Å²) in [6.45, 7) is 7.16. The van der Waals surface area contributed by atoms with Crippen molar-refractivity contribution >= 4 is 11.3 Å². The largest absolute Gasteiger partial charge is 0.371 e. The predicted molar refractivity (Wildman–Crippen MR) is 80.6 cm³/mol. The first-order valence-electron chi connectivity index (χ1n) is 7.16. The van der Waals surface area contributed by atoms with Crippen molar-refractivity contribution in [1.29, 1.82) is 0 Å². The number of rotatable bonds is 3. The third-order valence-electron chi connectivity index (χ3n) is 3.48. The molecule has 1 unspecified atom stereocenters. The van der Waals surface area contributed by atoms with Crippen LogP contribution in [0.2, 0.25) is 0 Å². The smallest absolute Gasteiger partial charge is 0.346 e. The number of ether oxygens (including phenoxy) is 1. The monoisotopic (exact) mass is 308 g/mol. The maximum atomic E-state index is 12.3. The molecule has 0 aromatic carbocycles. The van der Waals surface area contributed by atoms with Gasteiger partial charge in [-0.15, -0.1) is 11.3 Å². The van der Waals surface area contributed by atoms with Gasteiger partial charge in [0.1, 0.15) is 17.4 Å². The van der Waals surface area contributed by atoms with E-state index in [-0.39, 0.29) is 17.3 Å². The zero-order chi connectivity index (χ0) is 15.0. The standard InChI is InChI=1S/C14H20N4O2S/c1-14(2,3)18-13(19)17(9-15-18)7-10-8-21-12(16-10)11-5-4-6-20-11/h8-9,11H,4-7H2,1-3H3. The van der Waals surface area contributed by atoms with Gasteiger partial charge in [-0.3, -0.25) is 4.57 Å². The molecule has 2 aromatic rings. The number of thiazole rings is 1. The lowest BCUT2D eigenvalue weighted by Crippen LogP contribution is -2.35. The summed E-state index contributed by atoms with van der Waals surface area (Å²) < 4.78 is 8.74. The van der Waals surface area contributed by atoms with Crippen molar-refractivity contribution in [2.45, 2.75) is 51.8 Å². The second-order valence-electron chi connectivity index (χ2n) is 6.30. The van der Waals surface area contributed by atoms with E-state index in [2.05, 4.69) is 10.1 Å². The van der Waals surface area contributed by atoms with Crippen LogP contribution in [0.1, 0.15) is 50.4 Å². The van der Waals surface area contributed by atoms with E-state index >= 15 is 0 Å². The maximum Gasteiger partial charge on any atom is 0.346 e. The molecule has 1 atom stereocenters. The molecular formula is C14H20N4O2S. The minimum Gasteiger partial charge on any atom is -0.371 e. The van der Waals surface area contributed by atoms with Gasteiger partial charge < -0.3 is 4.74 Å². The molecule has 0 saturated carbocycles. The van der Waals surface area contributed by atoms with Gasteiger partial charge in [-0.2, -0.15) is 5.10 Å². The highest BCUT2D eigenvalue weighted by atomic mass is 32.1. The van der Waals surface area contributed by atoms with Gasteiger partial charge in [0.2, 0.25) is 0 Å². The van der Waals surface area contributed by atoms with E-state index in [9.17, 15) is 4.79 Å². The van der Waals surface area contributed by atoms with Crippen LogP contribution in [0, 0.1) is 0 Å². The Morgan fingerprint density at radius 1 is 1.48 bits per heavy atom. The third-order valence-corrected chi connectivity index (χ3v) is 4.46. The topological polar surface area (TPSA) is 61.9 Å². The summed E-state index contributed by atoms with van der Waals surface area (Å²) in [5.41, 5.74) is 0.475. The SMILES string of the molecule is CC(C)(C)n1ncn(Cc2csc(C3CCCO3)n2)c1=O. The molecule has 114 valence electrons. The molecule has 1 aliphatic rings. The Morgan fingerprint density at radius 2 is 2.29 bits per heavy atom. The highest BCUT2D eigenvalue weighted by Gasteiger charge is 2.22. The molecule has 0 bridgehead atoms. The van der Waals surface area contributed by atoms with E-state index < -0.39 is 0 Å². The van der Waals surface area contributed by atoms with Crippen molar-refractivity contribution in [3.05, 3.63) is 32.9 Å². The van der Waals surface area contributed by atoms with Crippen molar-refractivity contribution in [1.82, 2.24) is 19.3 Å². The van der Waals surface area contributed by atoms with E-state index in [1.807, 2.05) is 26.2 Å². The molecule has 6 nitrogen and oxygen atoms in total. The van der Waals surface area contributed by atoms with Crippen molar-refractivity contribution < 1.29 is 4.74 Å². The van der Waals surface area contributed by atoms with Gasteiger partial charge in [0.15, 0.2) is 0 Å². The molecule has 0 spiro atoms. The van der Waals surface area contributed by atoms with Crippen LogP contribution in [-0.4, -0.2) is 25.9 Å². The average Bonchev–Trinajstić information content (AvgIpc) is 3.10. The zero-order valence-corrected chi connectivity index (χ0v) is 13.4. The first kappa shape index (κ1) is 14.5. The Balaban J connectivity index is 1.78. The van der Waals surface area contributed by atoms with Crippen LogP contribution in [0.3, 0.4) is 0 Å². The Morgan fingerprint density at radius 3 is 2.90 bits per heavy atom. The zero-order valence-electron chi connectivity index (χ0n) is 12.6. The predicted octanol–water partition coefficient (Wildman–Crippen LogP) is 2.16. The van der Waals surface area contributed by atoms with Gasteiger partial charge in [0.25, 0.3) is 0 Å². The fraction of sp³-hybridized carbons (Fsp3) is 0.643. The molecule has 21 heavy (non-hydrogen) atoms. The van der Waals surface area contributed by atoms with Gasteiger partial charge >= 0.3 is 5.69 Å². The molecule has 1 fully saturated rings. The van der Waals surface area contributed by atoms with Gasteiger partial charge in [-0.1, -0.05) is 0 Å². The summed E-state index contributed by atoms with van der Waals surface area (Å²) >= 11 is 1.61. The van der Waals surface area contributed by atoms with Gasteiger partial charge in [-0.25, -0.2) is 14.5 Å². The summed E-state index contributed by atoms with van der Waals surface area (Å²) in [5, 5.41) is 7.20. The Kier molecular flexibility index (Phi) is 3.71. The molecule has 0 radical (unpaired) electrons. The number of nitrogens with zero attached hydrogens (tertiary/aromatic N) is 4. The second kappa shape index (κ2) is 5.38. The second-order valence-corrected chi connectivity index (χ2v) is 7.19. The Labute approximate surface area is 127 Å². The molecule has 7 heteroatoms. The van der Waals surface area contributed by atoms with E-state index in [0.717, 1.165) is 30.2 Å². The quantitative estimate of drug-likeness (QED) is 0.871. The minimum atomic E-state index is -0.312. The first-order chi connectivity index (χ1) is 9.95. The number of hydrogen-bond acceptors (Lipinski definition) is 5.